The molecule has 0 bridgehead atoms. The average Bonchev–Trinajstić information content (AvgIpc) is 3.42. The molecule has 198 valence electrons. The fraction of sp³-hybridized carbons (Fsp3) is 0.333. The molecule has 0 aliphatic carbocycles. The van der Waals surface area contributed by atoms with Gasteiger partial charge in [-0.1, -0.05) is 58.9 Å². The normalized spacial score (nSPS) is 14.2. The maximum Gasteiger partial charge on any atom is 0.186 e. The Morgan fingerprint density at radius 1 is 0.500 bits per heavy atom. The molecule has 4 heterocycles. The zero-order valence-corrected chi connectivity index (χ0v) is 25.7. The van der Waals surface area contributed by atoms with Crippen molar-refractivity contribution in [1.29, 1.82) is 0 Å². The molecule has 0 saturated carbocycles. The molecule has 6 rings (SSSR count). The minimum Gasteiger partial charge on any atom is -0.485 e. The van der Waals surface area contributed by atoms with Gasteiger partial charge < -0.3 is 18.9 Å². The van der Waals surface area contributed by atoms with E-state index < -0.39 is 0 Å². The van der Waals surface area contributed by atoms with Gasteiger partial charge in [-0.25, -0.2) is 0 Å². The summed E-state index contributed by atoms with van der Waals surface area (Å²) >= 11 is 6.99. The number of rotatable bonds is 5. The van der Waals surface area contributed by atoms with Crippen molar-refractivity contribution in [3.05, 3.63) is 57.6 Å². The second-order valence-electron chi connectivity index (χ2n) is 9.81. The second kappa shape index (κ2) is 10.4. The third-order valence-corrected chi connectivity index (χ3v) is 12.0. The van der Waals surface area contributed by atoms with Gasteiger partial charge in [0.15, 0.2) is 23.0 Å². The fourth-order valence-corrected chi connectivity index (χ4v) is 10.2. The number of benzene rings is 2. The van der Waals surface area contributed by atoms with E-state index in [2.05, 4.69) is 65.8 Å². The summed E-state index contributed by atoms with van der Waals surface area (Å²) in [5.74, 6) is 3.34. The molecule has 4 aromatic rings. The Balaban J connectivity index is 1.45. The van der Waals surface area contributed by atoms with Gasteiger partial charge in [0.25, 0.3) is 0 Å². The van der Waals surface area contributed by atoms with Crippen molar-refractivity contribution in [2.45, 2.75) is 59.8 Å². The van der Waals surface area contributed by atoms with Crippen LogP contribution in [-0.4, -0.2) is 26.4 Å². The lowest BCUT2D eigenvalue weighted by Gasteiger charge is -2.19. The molecule has 0 spiro atoms. The lowest BCUT2D eigenvalue weighted by molar-refractivity contribution is 0.168. The first-order chi connectivity index (χ1) is 18.3. The van der Waals surface area contributed by atoms with Gasteiger partial charge in [-0.15, -0.1) is 22.7 Å². The van der Waals surface area contributed by atoms with Crippen LogP contribution in [0, 0.1) is 41.5 Å². The molecule has 0 atom stereocenters. The van der Waals surface area contributed by atoms with Crippen molar-refractivity contribution in [1.82, 2.24) is 0 Å². The zero-order chi connectivity index (χ0) is 26.6. The van der Waals surface area contributed by atoms with Crippen molar-refractivity contribution in [3.8, 4) is 32.8 Å². The highest BCUT2D eigenvalue weighted by Gasteiger charge is 2.33. The lowest BCUT2D eigenvalue weighted by atomic mass is 10.1. The van der Waals surface area contributed by atoms with Gasteiger partial charge in [-0.3, -0.25) is 0 Å². The van der Waals surface area contributed by atoms with Crippen molar-refractivity contribution >= 4 is 46.2 Å². The van der Waals surface area contributed by atoms with Crippen LogP contribution in [0.2, 0.25) is 0 Å². The molecule has 0 N–H and O–H groups in total. The Labute approximate surface area is 240 Å². The van der Waals surface area contributed by atoms with E-state index in [9.17, 15) is 0 Å². The van der Waals surface area contributed by atoms with Crippen LogP contribution in [0.25, 0.3) is 9.75 Å². The quantitative estimate of drug-likeness (QED) is 0.234. The van der Waals surface area contributed by atoms with Gasteiger partial charge >= 0.3 is 0 Å². The molecule has 2 aliphatic heterocycles. The number of ether oxygens (including phenoxy) is 4. The first-order valence-corrected chi connectivity index (χ1v) is 15.9. The fourth-order valence-electron chi connectivity index (χ4n) is 5.12. The summed E-state index contributed by atoms with van der Waals surface area (Å²) in [7, 11) is 0. The SMILES string of the molecule is Cc1cc(C)c(Sc2sc(-c3sc(Sc4c(C)cc(C)cc4C)c4c3OCCO4)c3c2OCCO3)c(C)c1. The molecule has 2 aliphatic rings. The summed E-state index contributed by atoms with van der Waals surface area (Å²) in [6.45, 7) is 15.2. The number of hydrogen-bond donors (Lipinski definition) is 0. The molecule has 0 fully saturated rings. The van der Waals surface area contributed by atoms with E-state index in [1.807, 2.05) is 0 Å². The average molecular weight is 583 g/mol. The van der Waals surface area contributed by atoms with Crippen molar-refractivity contribution in [2.75, 3.05) is 26.4 Å². The van der Waals surface area contributed by atoms with Crippen LogP contribution in [0.1, 0.15) is 33.4 Å². The Morgan fingerprint density at radius 3 is 1.16 bits per heavy atom. The number of hydrogen-bond acceptors (Lipinski definition) is 8. The predicted octanol–water partition coefficient (Wildman–Crippen LogP) is 9.17. The molecule has 2 aromatic carbocycles. The van der Waals surface area contributed by atoms with E-state index in [-0.39, 0.29) is 0 Å². The number of thiophene rings is 2. The zero-order valence-electron chi connectivity index (χ0n) is 22.4. The predicted molar refractivity (Wildman–Crippen MR) is 159 cm³/mol. The van der Waals surface area contributed by atoms with Crippen LogP contribution in [0.3, 0.4) is 0 Å². The maximum atomic E-state index is 6.25. The lowest BCUT2D eigenvalue weighted by Crippen LogP contribution is -2.15. The van der Waals surface area contributed by atoms with E-state index in [1.54, 1.807) is 46.2 Å². The van der Waals surface area contributed by atoms with E-state index >= 15 is 0 Å². The van der Waals surface area contributed by atoms with Gasteiger partial charge in [0.2, 0.25) is 0 Å². The van der Waals surface area contributed by atoms with Crippen LogP contribution in [0.5, 0.6) is 23.0 Å². The van der Waals surface area contributed by atoms with Crippen LogP contribution in [0.4, 0.5) is 0 Å². The molecule has 0 unspecified atom stereocenters. The van der Waals surface area contributed by atoms with Gasteiger partial charge in [0.05, 0.1) is 9.75 Å². The second-order valence-corrected chi connectivity index (χ2v) is 14.4. The van der Waals surface area contributed by atoms with Crippen molar-refractivity contribution in [2.24, 2.45) is 0 Å². The van der Waals surface area contributed by atoms with Gasteiger partial charge in [0.1, 0.15) is 34.8 Å². The van der Waals surface area contributed by atoms with E-state index in [1.165, 1.54) is 43.2 Å². The van der Waals surface area contributed by atoms with E-state index in [0.29, 0.717) is 26.4 Å². The molecular weight excluding hydrogens is 553 g/mol. The molecule has 2 aromatic heterocycles. The third kappa shape index (κ3) is 4.70. The topological polar surface area (TPSA) is 36.9 Å². The number of aryl methyl sites for hydroxylation is 6. The summed E-state index contributed by atoms with van der Waals surface area (Å²) in [6.07, 6.45) is 0. The molecule has 0 radical (unpaired) electrons. The van der Waals surface area contributed by atoms with Crippen LogP contribution < -0.4 is 18.9 Å². The standard InChI is InChI=1S/C30H30O4S4/c1-15-11-17(3)25(18(4)12-15)35-29-23-21(31-7-9-33-23)27(37-29)28-22-24(34-10-8-32-22)30(38-28)36-26-19(5)13-16(2)14-20(26)6/h11-14H,7-10H2,1-6H3. The van der Waals surface area contributed by atoms with Crippen molar-refractivity contribution in [3.63, 3.8) is 0 Å². The van der Waals surface area contributed by atoms with E-state index in [0.717, 1.165) is 41.2 Å². The van der Waals surface area contributed by atoms with Crippen LogP contribution in [0.15, 0.2) is 42.5 Å². The Hall–Kier alpha value is -2.26. The summed E-state index contributed by atoms with van der Waals surface area (Å²) in [6, 6.07) is 8.97. The smallest absolute Gasteiger partial charge is 0.186 e. The Bertz CT molecular complexity index is 1390. The molecule has 8 heteroatoms. The molecule has 38 heavy (non-hydrogen) atoms. The highest BCUT2D eigenvalue weighted by atomic mass is 32.2. The van der Waals surface area contributed by atoms with Crippen LogP contribution >= 0.6 is 46.2 Å². The first kappa shape index (κ1) is 26.0. The summed E-state index contributed by atoms with van der Waals surface area (Å²) in [5.41, 5.74) is 7.68. The molecular formula is C30H30O4S4. The highest BCUT2D eigenvalue weighted by molar-refractivity contribution is 8.01. The summed E-state index contributed by atoms with van der Waals surface area (Å²) in [4.78, 5) is 4.66. The first-order valence-electron chi connectivity index (χ1n) is 12.7. The van der Waals surface area contributed by atoms with Crippen LogP contribution in [-0.2, 0) is 0 Å². The highest BCUT2D eigenvalue weighted by Crippen LogP contribution is 2.62. The summed E-state index contributed by atoms with van der Waals surface area (Å²) in [5, 5.41) is 0. The molecule has 4 nitrogen and oxygen atoms in total. The minimum absolute atomic E-state index is 0.539. The van der Waals surface area contributed by atoms with Gasteiger partial charge in [-0.2, -0.15) is 0 Å². The molecule has 0 amide bonds. The Morgan fingerprint density at radius 2 is 0.816 bits per heavy atom. The van der Waals surface area contributed by atoms with Crippen molar-refractivity contribution < 1.29 is 18.9 Å². The van der Waals surface area contributed by atoms with Gasteiger partial charge in [0, 0.05) is 9.79 Å². The monoisotopic (exact) mass is 582 g/mol. The minimum atomic E-state index is 0.539. The number of fused-ring (bicyclic) bond motifs is 2. The summed E-state index contributed by atoms with van der Waals surface area (Å²) < 4.78 is 27.2. The van der Waals surface area contributed by atoms with Gasteiger partial charge in [-0.05, 0) is 63.8 Å². The Kier molecular flexibility index (Phi) is 7.10. The van der Waals surface area contributed by atoms with E-state index in [4.69, 9.17) is 18.9 Å². The largest absolute Gasteiger partial charge is 0.485 e. The molecule has 0 saturated heterocycles. The third-order valence-electron chi connectivity index (χ3n) is 6.54. The maximum absolute atomic E-state index is 6.25.